The fourth-order valence-corrected chi connectivity index (χ4v) is 3.13. The van der Waals surface area contributed by atoms with Gasteiger partial charge in [-0.15, -0.1) is 0 Å². The molecular weight excluding hydrogens is 381 g/mol. The number of guanidine groups is 2. The predicted octanol–water partition coefficient (Wildman–Crippen LogP) is 0.476. The molecule has 0 atom stereocenters. The molecule has 1 amide bonds. The van der Waals surface area contributed by atoms with Gasteiger partial charge in [0.25, 0.3) is 0 Å². The number of rotatable bonds is 2. The van der Waals surface area contributed by atoms with Crippen LogP contribution in [0, 0.1) is 5.82 Å². The lowest BCUT2D eigenvalue weighted by Crippen LogP contribution is -2.48. The van der Waals surface area contributed by atoms with Crippen molar-refractivity contribution in [2.24, 2.45) is 27.2 Å². The van der Waals surface area contributed by atoms with Gasteiger partial charge in [-0.2, -0.15) is 4.99 Å². The van der Waals surface area contributed by atoms with E-state index >= 15 is 0 Å². The summed E-state index contributed by atoms with van der Waals surface area (Å²) in [5.41, 5.74) is 16.7. The van der Waals surface area contributed by atoms with E-state index in [1.807, 2.05) is 4.90 Å². The Morgan fingerprint density at radius 2 is 1.83 bits per heavy atom. The molecule has 6 N–H and O–H groups in total. The van der Waals surface area contributed by atoms with Gasteiger partial charge in [-0.25, -0.2) is 9.38 Å². The highest BCUT2D eigenvalue weighted by molar-refractivity contribution is 9.10. The number of carbonyl (C=O) groups is 1. The van der Waals surface area contributed by atoms with Gasteiger partial charge in [-0.05, 0) is 22.0 Å². The van der Waals surface area contributed by atoms with Gasteiger partial charge < -0.3 is 27.0 Å². The van der Waals surface area contributed by atoms with Crippen LogP contribution in [0.15, 0.2) is 26.6 Å². The molecule has 0 radical (unpaired) electrons. The SMILES string of the molecule is CC(=O)N1CCN(c2c(F)cc(N=C(N)N=C(N)N)cc2Br)CC1. The Balaban J connectivity index is 2.22. The first-order chi connectivity index (χ1) is 11.3. The normalized spacial score (nSPS) is 15.4. The van der Waals surface area contributed by atoms with Gasteiger partial charge in [-0.3, -0.25) is 4.79 Å². The number of carbonyl (C=O) groups excluding carboxylic acids is 1. The molecule has 1 heterocycles. The fraction of sp³-hybridized carbons (Fsp3) is 0.357. The molecule has 2 rings (SSSR count). The Morgan fingerprint density at radius 3 is 2.33 bits per heavy atom. The van der Waals surface area contributed by atoms with E-state index in [1.165, 1.54) is 13.0 Å². The third-order valence-electron chi connectivity index (χ3n) is 3.53. The van der Waals surface area contributed by atoms with E-state index in [9.17, 15) is 9.18 Å². The van der Waals surface area contributed by atoms with Crippen LogP contribution in [-0.2, 0) is 4.79 Å². The van der Waals surface area contributed by atoms with Crippen molar-refractivity contribution in [2.45, 2.75) is 6.92 Å². The van der Waals surface area contributed by atoms with E-state index in [0.717, 1.165) is 0 Å². The lowest BCUT2D eigenvalue weighted by molar-refractivity contribution is -0.129. The van der Waals surface area contributed by atoms with E-state index in [4.69, 9.17) is 17.2 Å². The molecule has 130 valence electrons. The number of nitrogens with zero attached hydrogens (tertiary/aromatic N) is 4. The second kappa shape index (κ2) is 7.47. The molecule has 0 unspecified atom stereocenters. The molecule has 0 bridgehead atoms. The van der Waals surface area contributed by atoms with Crippen LogP contribution < -0.4 is 22.1 Å². The first-order valence-corrected chi connectivity index (χ1v) is 8.00. The molecule has 8 nitrogen and oxygen atoms in total. The molecule has 1 aliphatic heterocycles. The van der Waals surface area contributed by atoms with Crippen molar-refractivity contribution in [3.05, 3.63) is 22.4 Å². The summed E-state index contributed by atoms with van der Waals surface area (Å²) in [7, 11) is 0. The van der Waals surface area contributed by atoms with Crippen LogP contribution in [0.25, 0.3) is 0 Å². The van der Waals surface area contributed by atoms with E-state index < -0.39 is 5.82 Å². The van der Waals surface area contributed by atoms with E-state index in [0.29, 0.717) is 36.3 Å². The monoisotopic (exact) mass is 399 g/mol. The quantitative estimate of drug-likeness (QED) is 0.492. The Bertz CT molecular complexity index is 671. The minimum Gasteiger partial charge on any atom is -0.370 e. The maximum Gasteiger partial charge on any atom is 0.223 e. The van der Waals surface area contributed by atoms with Gasteiger partial charge in [-0.1, -0.05) is 0 Å². The number of anilines is 1. The second-order valence-electron chi connectivity index (χ2n) is 5.26. The Labute approximate surface area is 147 Å². The van der Waals surface area contributed by atoms with Crippen molar-refractivity contribution < 1.29 is 9.18 Å². The summed E-state index contributed by atoms with van der Waals surface area (Å²) in [5.74, 6) is -0.814. The molecule has 1 saturated heterocycles. The van der Waals surface area contributed by atoms with Gasteiger partial charge in [0.05, 0.1) is 11.4 Å². The maximum atomic E-state index is 14.5. The molecule has 0 saturated carbocycles. The minimum atomic E-state index is -0.447. The molecule has 0 spiro atoms. The van der Waals surface area contributed by atoms with E-state index in [2.05, 4.69) is 25.9 Å². The number of hydrogen-bond donors (Lipinski definition) is 3. The number of nitrogens with two attached hydrogens (primary N) is 3. The molecule has 24 heavy (non-hydrogen) atoms. The minimum absolute atomic E-state index is 0.0223. The number of benzene rings is 1. The first-order valence-electron chi connectivity index (χ1n) is 7.21. The predicted molar refractivity (Wildman–Crippen MR) is 95.7 cm³/mol. The third-order valence-corrected chi connectivity index (χ3v) is 4.13. The van der Waals surface area contributed by atoms with Gasteiger partial charge in [0.1, 0.15) is 5.82 Å². The smallest absolute Gasteiger partial charge is 0.223 e. The van der Waals surface area contributed by atoms with Crippen molar-refractivity contribution in [3.63, 3.8) is 0 Å². The van der Waals surface area contributed by atoms with Crippen LogP contribution in [-0.4, -0.2) is 48.9 Å². The van der Waals surface area contributed by atoms with Crippen molar-refractivity contribution in [1.29, 1.82) is 0 Å². The summed E-state index contributed by atoms with van der Waals surface area (Å²) in [4.78, 5) is 22.5. The Kier molecular flexibility index (Phi) is 5.60. The molecule has 1 aromatic carbocycles. The van der Waals surface area contributed by atoms with Crippen molar-refractivity contribution in [3.8, 4) is 0 Å². The Morgan fingerprint density at radius 1 is 1.21 bits per heavy atom. The van der Waals surface area contributed by atoms with Crippen molar-refractivity contribution in [2.75, 3.05) is 31.1 Å². The number of aliphatic imine (C=N–C) groups is 2. The van der Waals surface area contributed by atoms with Crippen LogP contribution >= 0.6 is 15.9 Å². The first kappa shape index (κ1) is 18.0. The summed E-state index contributed by atoms with van der Waals surface area (Å²) >= 11 is 3.36. The molecule has 1 aliphatic rings. The summed E-state index contributed by atoms with van der Waals surface area (Å²) in [6.45, 7) is 3.73. The highest BCUT2D eigenvalue weighted by Gasteiger charge is 2.23. The molecule has 1 fully saturated rings. The van der Waals surface area contributed by atoms with Crippen LogP contribution in [0.5, 0.6) is 0 Å². The lowest BCUT2D eigenvalue weighted by Gasteiger charge is -2.36. The second-order valence-corrected chi connectivity index (χ2v) is 6.11. The Hall–Kier alpha value is -2.36. The topological polar surface area (TPSA) is 126 Å². The van der Waals surface area contributed by atoms with Crippen molar-refractivity contribution in [1.82, 2.24) is 4.90 Å². The highest BCUT2D eigenvalue weighted by atomic mass is 79.9. The number of amides is 1. The average molecular weight is 400 g/mol. The highest BCUT2D eigenvalue weighted by Crippen LogP contribution is 2.34. The third kappa shape index (κ3) is 4.34. The zero-order chi connectivity index (χ0) is 17.9. The number of hydrogen-bond acceptors (Lipinski definition) is 3. The fourth-order valence-electron chi connectivity index (χ4n) is 2.45. The van der Waals surface area contributed by atoms with Gasteiger partial charge in [0.2, 0.25) is 11.9 Å². The van der Waals surface area contributed by atoms with E-state index in [1.54, 1.807) is 11.0 Å². The summed E-state index contributed by atoms with van der Waals surface area (Å²) in [6, 6.07) is 2.89. The summed E-state index contributed by atoms with van der Waals surface area (Å²) in [6.07, 6.45) is 0. The van der Waals surface area contributed by atoms with Crippen LogP contribution in [0.2, 0.25) is 0 Å². The number of halogens is 2. The van der Waals surface area contributed by atoms with Crippen LogP contribution in [0.3, 0.4) is 0 Å². The van der Waals surface area contributed by atoms with Crippen LogP contribution in [0.1, 0.15) is 6.92 Å². The zero-order valence-corrected chi connectivity index (χ0v) is 14.8. The summed E-state index contributed by atoms with van der Waals surface area (Å²) in [5, 5.41) is 0. The van der Waals surface area contributed by atoms with Gasteiger partial charge >= 0.3 is 0 Å². The van der Waals surface area contributed by atoms with Crippen LogP contribution in [0.4, 0.5) is 15.8 Å². The average Bonchev–Trinajstić information content (AvgIpc) is 2.46. The largest absolute Gasteiger partial charge is 0.370 e. The molecular formula is C14H19BrFN7O. The molecule has 1 aromatic rings. The van der Waals surface area contributed by atoms with Gasteiger partial charge in [0.15, 0.2) is 5.96 Å². The van der Waals surface area contributed by atoms with Crippen molar-refractivity contribution >= 4 is 45.1 Å². The summed E-state index contributed by atoms with van der Waals surface area (Å²) < 4.78 is 15.1. The standard InChI is InChI=1S/C14H19BrFN7O/c1-8(24)22-2-4-23(5-3-22)12-10(15)6-9(7-11(12)16)20-14(19)21-13(17)18/h6-7H,2-5H2,1H3,(H6,17,18,19,20,21). The zero-order valence-electron chi connectivity index (χ0n) is 13.2. The molecule has 0 aliphatic carbocycles. The molecule has 0 aromatic heterocycles. The van der Waals surface area contributed by atoms with E-state index in [-0.39, 0.29) is 23.5 Å². The lowest BCUT2D eigenvalue weighted by atomic mass is 10.2. The maximum absolute atomic E-state index is 14.5. The molecule has 10 heteroatoms. The van der Waals surface area contributed by atoms with Gasteiger partial charge in [0, 0.05) is 43.6 Å². The number of piperazine rings is 1.